The molecule has 0 saturated heterocycles. The quantitative estimate of drug-likeness (QED) is 0.526. The van der Waals surface area contributed by atoms with Gasteiger partial charge in [0.15, 0.2) is 5.78 Å². The molecule has 7 nitrogen and oxygen atoms in total. The smallest absolute Gasteiger partial charge is 0.347 e. The molecule has 0 bridgehead atoms. The minimum absolute atomic E-state index is 0.0206. The second-order valence-electron chi connectivity index (χ2n) is 8.07. The third-order valence-corrected chi connectivity index (χ3v) is 7.41. The Kier molecular flexibility index (Phi) is 6.43. The van der Waals surface area contributed by atoms with Crippen LogP contribution in [0.5, 0.6) is 0 Å². The number of sulfonamides is 1. The molecule has 1 aromatic heterocycles. The van der Waals surface area contributed by atoms with Crippen molar-refractivity contribution in [2.24, 2.45) is 5.92 Å². The van der Waals surface area contributed by atoms with E-state index in [-0.39, 0.29) is 17.4 Å². The van der Waals surface area contributed by atoms with E-state index in [1.165, 1.54) is 6.92 Å². The van der Waals surface area contributed by atoms with Crippen molar-refractivity contribution in [1.29, 1.82) is 0 Å². The highest BCUT2D eigenvalue weighted by Crippen LogP contribution is 2.26. The molecular weight excluding hydrogens is 392 g/mol. The van der Waals surface area contributed by atoms with Gasteiger partial charge in [-0.1, -0.05) is 0 Å². The molecule has 29 heavy (non-hydrogen) atoms. The number of nitrogens with one attached hydrogen (secondary N) is 2. The summed E-state index contributed by atoms with van der Waals surface area (Å²) in [5.41, 5.74) is 0.777. The van der Waals surface area contributed by atoms with Gasteiger partial charge >= 0.3 is 5.63 Å². The molecule has 0 unspecified atom stereocenters. The zero-order valence-corrected chi connectivity index (χ0v) is 17.8. The van der Waals surface area contributed by atoms with Crippen LogP contribution in [0.1, 0.15) is 56.8 Å². The van der Waals surface area contributed by atoms with Crippen LogP contribution >= 0.6 is 0 Å². The number of hydrogen-bond acceptors (Lipinski definition) is 6. The van der Waals surface area contributed by atoms with E-state index in [1.807, 2.05) is 12.1 Å². The zero-order chi connectivity index (χ0) is 21.2. The Labute approximate surface area is 170 Å². The fourth-order valence-corrected chi connectivity index (χ4v) is 4.57. The number of fused-ring (bicyclic) bond motifs is 1. The number of carbonyl (C=O) groups excluding carboxylic acids is 1. The molecule has 2 N–H and O–H groups in total. The molecule has 0 aliphatic heterocycles. The SMILES string of the molecule is CC(=O)c1cc2cc(NC[C@H]3CC[C@H](NS(=O)(=O)C(C)C)CC3)ccc2oc1=O. The lowest BCUT2D eigenvalue weighted by molar-refractivity contribution is 0.101. The van der Waals surface area contributed by atoms with Crippen LogP contribution in [-0.4, -0.2) is 32.0 Å². The first-order valence-electron chi connectivity index (χ1n) is 9.99. The summed E-state index contributed by atoms with van der Waals surface area (Å²) in [6, 6.07) is 7.03. The summed E-state index contributed by atoms with van der Waals surface area (Å²) >= 11 is 0. The second kappa shape index (κ2) is 8.67. The van der Waals surface area contributed by atoms with E-state index in [4.69, 9.17) is 4.42 Å². The van der Waals surface area contributed by atoms with Gasteiger partial charge in [-0.3, -0.25) is 4.79 Å². The minimum atomic E-state index is -3.22. The largest absolute Gasteiger partial charge is 0.422 e. The van der Waals surface area contributed by atoms with Crippen molar-refractivity contribution in [2.75, 3.05) is 11.9 Å². The van der Waals surface area contributed by atoms with Crippen molar-refractivity contribution >= 4 is 32.5 Å². The lowest BCUT2D eigenvalue weighted by Gasteiger charge is -2.29. The highest BCUT2D eigenvalue weighted by molar-refractivity contribution is 7.90. The predicted octanol–water partition coefficient (Wildman–Crippen LogP) is 3.29. The normalized spacial score (nSPS) is 20.1. The molecule has 1 saturated carbocycles. The Morgan fingerprint density at radius 3 is 2.48 bits per heavy atom. The van der Waals surface area contributed by atoms with Crippen LogP contribution in [-0.2, 0) is 10.0 Å². The summed E-state index contributed by atoms with van der Waals surface area (Å²) in [4.78, 5) is 23.4. The van der Waals surface area contributed by atoms with Gasteiger partial charge in [0.25, 0.3) is 0 Å². The molecule has 3 rings (SSSR count). The molecule has 0 spiro atoms. The van der Waals surface area contributed by atoms with Gasteiger partial charge in [-0.15, -0.1) is 0 Å². The molecule has 2 aromatic rings. The van der Waals surface area contributed by atoms with Gasteiger partial charge < -0.3 is 9.73 Å². The van der Waals surface area contributed by atoms with Gasteiger partial charge in [-0.25, -0.2) is 17.9 Å². The zero-order valence-electron chi connectivity index (χ0n) is 17.0. The summed E-state index contributed by atoms with van der Waals surface area (Å²) in [7, 11) is -3.22. The molecule has 8 heteroatoms. The highest BCUT2D eigenvalue weighted by atomic mass is 32.2. The summed E-state index contributed by atoms with van der Waals surface area (Å²) in [5, 5.41) is 3.69. The molecule has 1 aliphatic rings. The average Bonchev–Trinajstić information content (AvgIpc) is 2.66. The van der Waals surface area contributed by atoms with E-state index in [0.29, 0.717) is 16.9 Å². The Morgan fingerprint density at radius 2 is 1.86 bits per heavy atom. The number of rotatable bonds is 7. The number of benzene rings is 1. The fraction of sp³-hybridized carbons (Fsp3) is 0.524. The maximum atomic E-state index is 12.0. The van der Waals surface area contributed by atoms with Gasteiger partial charge in [0.05, 0.1) is 5.25 Å². The summed E-state index contributed by atoms with van der Waals surface area (Å²) < 4.78 is 32.1. The Bertz CT molecular complexity index is 1050. The maximum absolute atomic E-state index is 12.0. The van der Waals surface area contributed by atoms with E-state index in [9.17, 15) is 18.0 Å². The molecule has 0 radical (unpaired) electrons. The van der Waals surface area contributed by atoms with Crippen molar-refractivity contribution in [2.45, 2.75) is 57.7 Å². The first kappa shape index (κ1) is 21.5. The Hall–Kier alpha value is -2.19. The molecule has 158 valence electrons. The highest BCUT2D eigenvalue weighted by Gasteiger charge is 2.26. The van der Waals surface area contributed by atoms with Crippen LogP contribution in [0.3, 0.4) is 0 Å². The van der Waals surface area contributed by atoms with Crippen molar-refractivity contribution in [1.82, 2.24) is 4.72 Å². The number of Topliss-reactive ketones (excluding diaryl/α,β-unsaturated/α-hetero) is 1. The number of carbonyl (C=O) groups is 1. The van der Waals surface area contributed by atoms with Gasteiger partial charge in [0.1, 0.15) is 11.1 Å². The van der Waals surface area contributed by atoms with Crippen LogP contribution in [0.4, 0.5) is 5.69 Å². The second-order valence-corrected chi connectivity index (χ2v) is 10.3. The standard InChI is InChI=1S/C21H28N2O5S/c1-13(2)29(26,27)23-17-6-4-15(5-7-17)12-22-18-8-9-20-16(10-18)11-19(14(3)24)21(25)28-20/h8-11,13,15,17,22-23H,4-7,12H2,1-3H3/t15-,17-. The summed E-state index contributed by atoms with van der Waals surface area (Å²) in [6.07, 6.45) is 3.58. The number of anilines is 1. The Balaban J connectivity index is 1.58. The topological polar surface area (TPSA) is 105 Å². The van der Waals surface area contributed by atoms with E-state index in [1.54, 1.807) is 26.0 Å². The van der Waals surface area contributed by atoms with Crippen LogP contribution < -0.4 is 15.7 Å². The van der Waals surface area contributed by atoms with Gasteiger partial charge in [-0.05, 0) is 76.6 Å². The average molecular weight is 421 g/mol. The molecule has 1 aliphatic carbocycles. The molecule has 1 aromatic carbocycles. The van der Waals surface area contributed by atoms with Crippen LogP contribution in [0.2, 0.25) is 0 Å². The van der Waals surface area contributed by atoms with E-state index >= 15 is 0 Å². The van der Waals surface area contributed by atoms with Crippen LogP contribution in [0.15, 0.2) is 33.5 Å². The molecule has 1 heterocycles. The van der Waals surface area contributed by atoms with Crippen LogP contribution in [0.25, 0.3) is 11.0 Å². The molecule has 0 amide bonds. The van der Waals surface area contributed by atoms with Gasteiger partial charge in [0, 0.05) is 23.7 Å². The Morgan fingerprint density at radius 1 is 1.17 bits per heavy atom. The van der Waals surface area contributed by atoms with E-state index < -0.39 is 20.9 Å². The molecule has 1 fully saturated rings. The van der Waals surface area contributed by atoms with Crippen molar-refractivity contribution in [3.63, 3.8) is 0 Å². The van der Waals surface area contributed by atoms with Crippen molar-refractivity contribution in [3.8, 4) is 0 Å². The fourth-order valence-electron chi connectivity index (χ4n) is 3.59. The monoisotopic (exact) mass is 420 g/mol. The number of ketones is 1. The third-order valence-electron chi connectivity index (χ3n) is 5.50. The van der Waals surface area contributed by atoms with Gasteiger partial charge in [-0.2, -0.15) is 0 Å². The summed E-state index contributed by atoms with van der Waals surface area (Å²) in [6.45, 7) is 5.50. The molecular formula is C21H28N2O5S. The van der Waals surface area contributed by atoms with Gasteiger partial charge in [0.2, 0.25) is 10.0 Å². The number of hydrogen-bond donors (Lipinski definition) is 2. The third kappa shape index (κ3) is 5.25. The van der Waals surface area contributed by atoms with Crippen LogP contribution in [0, 0.1) is 5.92 Å². The maximum Gasteiger partial charge on any atom is 0.347 e. The van der Waals surface area contributed by atoms with Crippen molar-refractivity contribution < 1.29 is 17.6 Å². The molecule has 0 atom stereocenters. The minimum Gasteiger partial charge on any atom is -0.422 e. The van der Waals surface area contributed by atoms with E-state index in [2.05, 4.69) is 10.0 Å². The lowest BCUT2D eigenvalue weighted by atomic mass is 9.86. The van der Waals surface area contributed by atoms with Crippen molar-refractivity contribution in [3.05, 3.63) is 40.2 Å². The van der Waals surface area contributed by atoms with E-state index in [0.717, 1.165) is 37.9 Å². The lowest BCUT2D eigenvalue weighted by Crippen LogP contribution is -2.41. The first-order chi connectivity index (χ1) is 13.7. The predicted molar refractivity (Wildman–Crippen MR) is 114 cm³/mol. The first-order valence-corrected chi connectivity index (χ1v) is 11.5. The summed E-state index contributed by atoms with van der Waals surface area (Å²) in [5.74, 6) is 0.149.